The molecule has 0 radical (unpaired) electrons. The fourth-order valence-electron chi connectivity index (χ4n) is 16.7. The van der Waals surface area contributed by atoms with E-state index in [0.717, 1.165) is 248 Å². The van der Waals surface area contributed by atoms with E-state index >= 15 is 0 Å². The van der Waals surface area contributed by atoms with Crippen LogP contribution >= 0.6 is 70.6 Å². The lowest BCUT2D eigenvalue weighted by Gasteiger charge is -2.33. The van der Waals surface area contributed by atoms with Gasteiger partial charge in [-0.3, -0.25) is 19.4 Å². The number of fused-ring (bicyclic) bond motifs is 6. The molecule has 684 valence electrons. The van der Waals surface area contributed by atoms with Crippen LogP contribution in [0.3, 0.4) is 0 Å². The average Bonchev–Trinajstić information content (AvgIpc) is 1.68. The van der Waals surface area contributed by atoms with Crippen LogP contribution in [0.4, 0.5) is 34.1 Å². The Morgan fingerprint density at radius 3 is 0.977 bits per heavy atom. The molecule has 9 aliphatic rings. The van der Waals surface area contributed by atoms with Crippen molar-refractivity contribution in [2.75, 3.05) is 58.9 Å². The zero-order chi connectivity index (χ0) is 91.0. The first-order chi connectivity index (χ1) is 65.1. The molecule has 3 saturated heterocycles. The number of nitrogens with zero attached hydrogens (tertiary/aromatic N) is 10. The van der Waals surface area contributed by atoms with E-state index in [4.69, 9.17) is 31.5 Å². The van der Waals surface area contributed by atoms with E-state index in [1.54, 1.807) is 59.2 Å². The molecule has 22 rings (SSSR count). The molecular weight excluding hydrogens is 1770 g/mol. The van der Waals surface area contributed by atoms with Gasteiger partial charge >= 0.3 is 0 Å². The first-order valence-electron chi connectivity index (χ1n) is 46.7. The number of piperazine rings is 1. The van der Waals surface area contributed by atoms with Gasteiger partial charge in [-0.05, 0) is 295 Å². The number of carbonyl (C=O) groups excluding carboxylic acids is 2. The van der Waals surface area contributed by atoms with Gasteiger partial charge in [0.2, 0.25) is 0 Å². The number of ketones is 1. The summed E-state index contributed by atoms with van der Waals surface area (Å²) >= 11 is 9.59. The second-order valence-electron chi connectivity index (χ2n) is 34.9. The molecule has 133 heavy (non-hydrogen) atoms. The molecule has 0 spiro atoms. The molecule has 0 N–H and O–H groups in total. The summed E-state index contributed by atoms with van der Waals surface area (Å²) in [5.41, 5.74) is 15.5. The van der Waals surface area contributed by atoms with Crippen molar-refractivity contribution >= 4 is 147 Å². The summed E-state index contributed by atoms with van der Waals surface area (Å²) in [7, 11) is 0. The maximum Gasteiger partial charge on any atom is 0.289 e. The van der Waals surface area contributed by atoms with Crippen LogP contribution in [0.2, 0.25) is 0 Å². The van der Waals surface area contributed by atoms with Crippen LogP contribution in [0.25, 0.3) is 0 Å². The smallest absolute Gasteiger partial charge is 0.289 e. The third-order valence-electron chi connectivity index (χ3n) is 23.8. The van der Waals surface area contributed by atoms with Crippen molar-refractivity contribution in [3.05, 3.63) is 322 Å². The van der Waals surface area contributed by atoms with E-state index in [2.05, 4.69) is 218 Å². The molecule has 15 heterocycles. The zero-order valence-corrected chi connectivity index (χ0v) is 81.2. The molecule has 9 aliphatic heterocycles. The second-order valence-corrected chi connectivity index (χ2v) is 41.4. The number of hydrogen-bond acceptors (Lipinski definition) is 23. The number of para-hydroxylation sites is 6. The van der Waals surface area contributed by atoms with Gasteiger partial charge in [-0.2, -0.15) is 0 Å². The van der Waals surface area contributed by atoms with Gasteiger partial charge < -0.3 is 36.3 Å². The van der Waals surface area contributed by atoms with Gasteiger partial charge in [-0.25, -0.2) is 30.0 Å². The molecule has 0 atom stereocenters. The molecular formula is C109H114N10O8S6. The standard InChI is InChI=1S/C20H17NOS.C19H23N3OS.C18H18N2O2S.C18H20N2OS.C17H17NO2S.C17H19NOS/c1-2-6-15(7-3-1)10-11-17-12-13-20(22-17)23-19-14-16-8-4-5-9-18(16)21-19;1-2-21-9-11-22(12-10-21)14-16-7-8-19(23-16)24-18-13-15-5-3-4-6-17(15)20-18;21-18(20-10-4-1-5-11-20)15-8-9-17(22-15)23-16-12-13-6-2-3-7-14(13)19-16;1-4-10-20(11-5-1)13-15-8-9-18(21-15)22-17-12-14-6-2-3-7-16(14)19-17;1-11(2)9-14(19)15-7-8-17(20-15)21-16-10-12-5-3-4-6-13(12)18-16;1-12(2)7-8-14-9-10-17(19-14)20-16-11-13-5-3-4-6-15(13)18-16/h1-9,12-13H,10-11,14H2;3-8H,2,9-14H2,1H3;2-3,6-9H,1,4-5,10-12H2;2-3,6-9H,1,4-5,10-13H2;3-8,11H,9-10H2,1-2H3;3-6,9-10,12H,7-8,11H2,1-2H3. The molecule has 3 fully saturated rings. The van der Waals surface area contributed by atoms with Crippen molar-refractivity contribution in [2.24, 2.45) is 41.8 Å². The zero-order valence-electron chi connectivity index (χ0n) is 76.3. The van der Waals surface area contributed by atoms with Crippen LogP contribution in [-0.2, 0) is 70.9 Å². The molecule has 0 bridgehead atoms. The lowest BCUT2D eigenvalue weighted by Crippen LogP contribution is -2.45. The molecule has 6 aromatic heterocycles. The van der Waals surface area contributed by atoms with E-state index < -0.39 is 0 Å². The Balaban J connectivity index is 0.000000111. The summed E-state index contributed by atoms with van der Waals surface area (Å²) in [6.07, 6.45) is 17.3. The number of rotatable bonds is 21. The first-order valence-corrected chi connectivity index (χ1v) is 51.6. The number of amides is 1. The van der Waals surface area contributed by atoms with Crippen LogP contribution < -0.4 is 0 Å². The van der Waals surface area contributed by atoms with E-state index in [0.29, 0.717) is 29.8 Å². The van der Waals surface area contributed by atoms with E-state index in [1.165, 1.54) is 108 Å². The molecule has 1 amide bonds. The van der Waals surface area contributed by atoms with Gasteiger partial charge in [0, 0.05) is 97.1 Å². The Morgan fingerprint density at radius 1 is 0.301 bits per heavy atom. The van der Waals surface area contributed by atoms with E-state index in [-0.39, 0.29) is 11.7 Å². The predicted molar refractivity (Wildman–Crippen MR) is 548 cm³/mol. The number of likely N-dealkylation sites (tertiary alicyclic amines) is 2. The number of hydrogen-bond donors (Lipinski definition) is 0. The summed E-state index contributed by atoms with van der Waals surface area (Å²) in [5, 5.41) is 11.7. The van der Waals surface area contributed by atoms with Gasteiger partial charge in [0.15, 0.2) is 47.9 Å². The van der Waals surface area contributed by atoms with Crippen LogP contribution in [0.5, 0.6) is 0 Å². The Labute approximate surface area is 806 Å². The summed E-state index contributed by atoms with van der Waals surface area (Å²) in [6.45, 7) is 22.4. The normalized spacial score (nSPS) is 15.7. The van der Waals surface area contributed by atoms with Crippen LogP contribution in [0, 0.1) is 11.8 Å². The number of aryl methyl sites for hydroxylation is 3. The van der Waals surface area contributed by atoms with E-state index in [1.807, 2.05) is 97.6 Å². The molecule has 24 heteroatoms. The number of carbonyl (C=O) groups is 2. The summed E-state index contributed by atoms with van der Waals surface area (Å²) < 4.78 is 35.2. The molecule has 0 saturated carbocycles. The lowest BCUT2D eigenvalue weighted by atomic mass is 10.1. The largest absolute Gasteiger partial charge is 0.454 e. The first kappa shape index (κ1) is 94.1. The Morgan fingerprint density at radius 2 is 0.609 bits per heavy atom. The topological polar surface area (TPSA) is 200 Å². The molecule has 18 nitrogen and oxygen atoms in total. The number of thioether (sulfide) groups is 6. The molecule has 13 aromatic rings. The number of benzene rings is 7. The highest BCUT2D eigenvalue weighted by molar-refractivity contribution is 8.15. The summed E-state index contributed by atoms with van der Waals surface area (Å²) in [5.74, 6) is 6.25. The summed E-state index contributed by atoms with van der Waals surface area (Å²) in [4.78, 5) is 61.6. The maximum atomic E-state index is 12.4. The minimum absolute atomic E-state index is 0.00759. The van der Waals surface area contributed by atoms with Crippen molar-refractivity contribution in [3.63, 3.8) is 0 Å². The number of Topliss-reactive ketones (excluding diaryl/α,β-unsaturated/α-hetero) is 1. The molecule has 7 aromatic carbocycles. The SMILES string of the molecule is CC(C)CC(=O)c1ccc(SC2=Nc3ccccc3C2)o1.CC(C)CCc1ccc(SC2=Nc3ccccc3C2)o1.CCN1CCN(Cc2ccc(SC3=Nc4ccccc4C3)o2)CC1.O=C(c1ccc(SC2=Nc3ccccc3C2)o1)N1CCCCC1.c1ccc(CCc2ccc(SC3=Nc4ccccc4C3)o2)cc1.c1ccc2c(c1)CC(Sc1ccc(CN3CCCCC3)o1)=N2. The van der Waals surface area contributed by atoms with Gasteiger partial charge in [0.1, 0.15) is 23.0 Å². The predicted octanol–water partition coefficient (Wildman–Crippen LogP) is 28.3. The summed E-state index contributed by atoms with van der Waals surface area (Å²) in [6, 6.07) is 84.0. The number of aliphatic imine (C=N–C) groups is 6. The van der Waals surface area contributed by atoms with Gasteiger partial charge in [-0.15, -0.1) is 0 Å². The minimum Gasteiger partial charge on any atom is -0.454 e. The van der Waals surface area contributed by atoms with Gasteiger partial charge in [0.05, 0.1) is 77.5 Å². The Kier molecular flexibility index (Phi) is 33.3. The van der Waals surface area contributed by atoms with Crippen LogP contribution in [0.15, 0.2) is 336 Å². The van der Waals surface area contributed by atoms with Crippen LogP contribution in [0.1, 0.15) is 169 Å². The number of piperidine rings is 2. The maximum absolute atomic E-state index is 12.4. The quantitative estimate of drug-likeness (QED) is 0.0614. The van der Waals surface area contributed by atoms with E-state index in [9.17, 15) is 9.59 Å². The second kappa shape index (κ2) is 47.0. The Bertz CT molecular complexity index is 6280. The fourth-order valence-corrected chi connectivity index (χ4v) is 22.0. The van der Waals surface area contributed by atoms with Crippen molar-refractivity contribution in [1.82, 2.24) is 19.6 Å². The monoisotopic (exact) mass is 1880 g/mol. The number of likely N-dealkylation sites (N-methyl/N-ethyl adjacent to an activating group) is 1. The Hall–Kier alpha value is -10.6. The van der Waals surface area contributed by atoms with Crippen molar-refractivity contribution in [3.8, 4) is 0 Å². The highest BCUT2D eigenvalue weighted by Gasteiger charge is 2.28. The minimum atomic E-state index is 0.00759. The third kappa shape index (κ3) is 27.4. The molecule has 0 unspecified atom stereocenters. The van der Waals surface area contributed by atoms with Crippen molar-refractivity contribution in [2.45, 2.75) is 187 Å². The fraction of sp³-hybridized carbons (Fsp3) is 0.321. The van der Waals surface area contributed by atoms with Gasteiger partial charge in [-0.1, -0.05) is 181 Å². The highest BCUT2D eigenvalue weighted by atomic mass is 32.2. The molecule has 0 aliphatic carbocycles. The van der Waals surface area contributed by atoms with Crippen LogP contribution in [-0.4, -0.2) is 120 Å². The number of furan rings is 6. The average molecular weight is 1880 g/mol. The van der Waals surface area contributed by atoms with Crippen molar-refractivity contribution in [1.29, 1.82) is 0 Å². The lowest BCUT2D eigenvalue weighted by molar-refractivity contribution is 0.0686. The third-order valence-corrected chi connectivity index (χ3v) is 29.2. The highest BCUT2D eigenvalue weighted by Crippen LogP contribution is 2.41. The van der Waals surface area contributed by atoms with Gasteiger partial charge in [0.25, 0.3) is 5.91 Å². The van der Waals surface area contributed by atoms with Crippen molar-refractivity contribution < 1.29 is 36.1 Å².